The minimum Gasteiger partial charge on any atom is -0.377 e. The Morgan fingerprint density at radius 1 is 1.22 bits per heavy atom. The summed E-state index contributed by atoms with van der Waals surface area (Å²) in [6.45, 7) is 7.94. The van der Waals surface area contributed by atoms with Gasteiger partial charge in [0.05, 0.1) is 46.4 Å². The van der Waals surface area contributed by atoms with E-state index in [0.29, 0.717) is 43.3 Å². The minimum absolute atomic E-state index is 0.188. The molecule has 4 heterocycles. The molecule has 0 radical (unpaired) electrons. The molecular weight excluding hydrogens is 426 g/mol. The Balaban J connectivity index is 1.89. The van der Waals surface area contributed by atoms with Crippen molar-refractivity contribution >= 4 is 26.7 Å². The van der Waals surface area contributed by atoms with Crippen LogP contribution in [0.15, 0.2) is 30.3 Å². The molecule has 9 heteroatoms. The molecular formula is C23H31N5O3S. The van der Waals surface area contributed by atoms with Crippen LogP contribution in [-0.4, -0.2) is 55.4 Å². The first-order valence-electron chi connectivity index (χ1n) is 10.9. The number of sulfone groups is 1. The fourth-order valence-corrected chi connectivity index (χ4v) is 4.51. The maximum absolute atomic E-state index is 12.6. The molecule has 0 amide bonds. The van der Waals surface area contributed by atoms with Crippen LogP contribution < -0.4 is 10.6 Å². The molecule has 0 aromatic carbocycles. The van der Waals surface area contributed by atoms with Gasteiger partial charge < -0.3 is 20.4 Å². The van der Waals surface area contributed by atoms with Crippen LogP contribution >= 0.6 is 0 Å². The lowest BCUT2D eigenvalue weighted by Crippen LogP contribution is -2.45. The van der Waals surface area contributed by atoms with Crippen molar-refractivity contribution in [1.82, 2.24) is 15.0 Å². The van der Waals surface area contributed by atoms with Gasteiger partial charge in [0.1, 0.15) is 5.82 Å². The molecule has 0 bridgehead atoms. The lowest BCUT2D eigenvalue weighted by molar-refractivity contribution is 0.0925. The average Bonchev–Trinajstić information content (AvgIpc) is 3.20. The SMILES string of the molecule is CC[C@H]1COCCN1c1cc(C(C)(C)S(C)(=O)=O)cc(-c2ccc3[nH]c(CN)cc3n2)n1. The third-order valence-electron chi connectivity index (χ3n) is 6.44. The van der Waals surface area contributed by atoms with Crippen LogP contribution in [0.2, 0.25) is 0 Å². The highest BCUT2D eigenvalue weighted by Gasteiger charge is 2.34. The first-order valence-corrected chi connectivity index (χ1v) is 12.8. The van der Waals surface area contributed by atoms with E-state index in [4.69, 9.17) is 20.4 Å². The molecule has 0 unspecified atom stereocenters. The van der Waals surface area contributed by atoms with E-state index in [9.17, 15) is 8.42 Å². The summed E-state index contributed by atoms with van der Waals surface area (Å²) in [5.74, 6) is 0.753. The van der Waals surface area contributed by atoms with E-state index in [-0.39, 0.29) is 6.04 Å². The molecule has 3 aromatic heterocycles. The second kappa shape index (κ2) is 8.46. The van der Waals surface area contributed by atoms with E-state index in [1.54, 1.807) is 13.8 Å². The fourth-order valence-electron chi connectivity index (χ4n) is 3.97. The number of aromatic nitrogens is 3. The molecule has 1 aliphatic heterocycles. The van der Waals surface area contributed by atoms with Crippen molar-refractivity contribution in [2.45, 2.75) is 44.5 Å². The van der Waals surface area contributed by atoms with E-state index in [1.807, 2.05) is 30.3 Å². The highest BCUT2D eigenvalue weighted by atomic mass is 32.2. The van der Waals surface area contributed by atoms with Crippen LogP contribution in [0.5, 0.6) is 0 Å². The zero-order chi connectivity index (χ0) is 23.1. The number of fused-ring (bicyclic) bond motifs is 1. The summed E-state index contributed by atoms with van der Waals surface area (Å²) in [4.78, 5) is 15.2. The predicted molar refractivity (Wildman–Crippen MR) is 127 cm³/mol. The van der Waals surface area contributed by atoms with Crippen molar-refractivity contribution in [2.24, 2.45) is 5.73 Å². The molecule has 1 fully saturated rings. The van der Waals surface area contributed by atoms with Gasteiger partial charge in [-0.2, -0.15) is 0 Å². The number of H-pyrrole nitrogens is 1. The maximum Gasteiger partial charge on any atom is 0.156 e. The number of rotatable bonds is 6. The van der Waals surface area contributed by atoms with Crippen LogP contribution in [0.1, 0.15) is 38.4 Å². The Morgan fingerprint density at radius 2 is 2.00 bits per heavy atom. The lowest BCUT2D eigenvalue weighted by atomic mass is 10.0. The monoisotopic (exact) mass is 457 g/mol. The number of anilines is 1. The molecule has 0 spiro atoms. The van der Waals surface area contributed by atoms with E-state index < -0.39 is 14.6 Å². The van der Waals surface area contributed by atoms with Crippen LogP contribution in [0, 0.1) is 0 Å². The van der Waals surface area contributed by atoms with Gasteiger partial charge in [0.25, 0.3) is 0 Å². The number of nitrogens with two attached hydrogens (primary N) is 1. The summed E-state index contributed by atoms with van der Waals surface area (Å²) in [5.41, 5.74) is 10.4. The Bertz CT molecular complexity index is 1240. The highest BCUT2D eigenvalue weighted by molar-refractivity contribution is 7.91. The van der Waals surface area contributed by atoms with Gasteiger partial charge in [0, 0.05) is 25.0 Å². The third-order valence-corrected chi connectivity index (χ3v) is 8.53. The number of hydrogen-bond donors (Lipinski definition) is 2. The highest BCUT2D eigenvalue weighted by Crippen LogP contribution is 2.35. The summed E-state index contributed by atoms with van der Waals surface area (Å²) in [6.07, 6.45) is 2.18. The Hall–Kier alpha value is -2.49. The first kappa shape index (κ1) is 22.7. The van der Waals surface area contributed by atoms with E-state index >= 15 is 0 Å². The van der Waals surface area contributed by atoms with Crippen molar-refractivity contribution in [3.8, 4) is 11.4 Å². The third kappa shape index (κ3) is 4.12. The van der Waals surface area contributed by atoms with Gasteiger partial charge in [0.15, 0.2) is 9.84 Å². The van der Waals surface area contributed by atoms with E-state index in [0.717, 1.165) is 29.0 Å². The minimum atomic E-state index is -3.37. The predicted octanol–water partition coefficient (Wildman–Crippen LogP) is 2.98. The Labute approximate surface area is 189 Å². The van der Waals surface area contributed by atoms with Crippen molar-refractivity contribution < 1.29 is 13.2 Å². The molecule has 0 saturated carbocycles. The van der Waals surface area contributed by atoms with Gasteiger partial charge in [-0.15, -0.1) is 0 Å². The number of nitrogens with one attached hydrogen (secondary N) is 1. The second-order valence-electron chi connectivity index (χ2n) is 8.84. The Morgan fingerprint density at radius 3 is 2.69 bits per heavy atom. The summed E-state index contributed by atoms with van der Waals surface area (Å²) >= 11 is 0. The number of aromatic amines is 1. The summed E-state index contributed by atoms with van der Waals surface area (Å²) in [5, 5.41) is 0. The molecule has 8 nitrogen and oxygen atoms in total. The maximum atomic E-state index is 12.6. The molecule has 1 atom stereocenters. The zero-order valence-corrected chi connectivity index (χ0v) is 19.9. The van der Waals surface area contributed by atoms with Gasteiger partial charge in [-0.25, -0.2) is 18.4 Å². The second-order valence-corrected chi connectivity index (χ2v) is 11.4. The van der Waals surface area contributed by atoms with Crippen LogP contribution in [0.3, 0.4) is 0 Å². The smallest absolute Gasteiger partial charge is 0.156 e. The fraction of sp³-hybridized carbons (Fsp3) is 0.478. The number of pyridine rings is 2. The number of hydrogen-bond acceptors (Lipinski definition) is 7. The van der Waals surface area contributed by atoms with Gasteiger partial charge in [-0.1, -0.05) is 6.92 Å². The van der Waals surface area contributed by atoms with Gasteiger partial charge in [0.2, 0.25) is 0 Å². The van der Waals surface area contributed by atoms with Crippen molar-refractivity contribution in [3.63, 3.8) is 0 Å². The first-order chi connectivity index (χ1) is 15.1. The van der Waals surface area contributed by atoms with Gasteiger partial charge >= 0.3 is 0 Å². The van der Waals surface area contributed by atoms with Crippen LogP contribution in [0.4, 0.5) is 5.82 Å². The molecule has 3 aromatic rings. The Kier molecular flexibility index (Phi) is 6.00. The summed E-state index contributed by atoms with van der Waals surface area (Å²) < 4.78 is 29.9. The topological polar surface area (TPSA) is 114 Å². The van der Waals surface area contributed by atoms with Crippen LogP contribution in [0.25, 0.3) is 22.4 Å². The van der Waals surface area contributed by atoms with Gasteiger partial charge in [-0.05, 0) is 56.2 Å². The average molecular weight is 458 g/mol. The molecule has 172 valence electrons. The number of nitrogens with zero attached hydrogens (tertiary/aromatic N) is 3. The van der Waals surface area contributed by atoms with Crippen molar-refractivity contribution in [2.75, 3.05) is 30.9 Å². The largest absolute Gasteiger partial charge is 0.377 e. The normalized spacial score (nSPS) is 17.8. The molecule has 32 heavy (non-hydrogen) atoms. The van der Waals surface area contributed by atoms with Crippen LogP contribution in [-0.2, 0) is 25.9 Å². The van der Waals surface area contributed by atoms with Crippen molar-refractivity contribution in [1.29, 1.82) is 0 Å². The van der Waals surface area contributed by atoms with E-state index in [1.165, 1.54) is 6.26 Å². The molecule has 0 aliphatic carbocycles. The molecule has 4 rings (SSSR count). The van der Waals surface area contributed by atoms with Gasteiger partial charge in [-0.3, -0.25) is 0 Å². The summed E-state index contributed by atoms with van der Waals surface area (Å²) in [6, 6.07) is 9.72. The quantitative estimate of drug-likeness (QED) is 0.585. The number of morpholine rings is 1. The van der Waals surface area contributed by atoms with Crippen molar-refractivity contribution in [3.05, 3.63) is 41.6 Å². The molecule has 1 aliphatic rings. The zero-order valence-electron chi connectivity index (χ0n) is 19.1. The number of ether oxygens (including phenoxy) is 1. The summed E-state index contributed by atoms with van der Waals surface area (Å²) in [7, 11) is -3.37. The van der Waals surface area contributed by atoms with E-state index in [2.05, 4.69) is 16.8 Å². The lowest BCUT2D eigenvalue weighted by Gasteiger charge is -2.37. The molecule has 1 saturated heterocycles. The standard InChI is InChI=1S/C23H31N5O3S/c1-5-17-14-31-9-8-28(17)22-11-15(23(2,3)32(4,29)30)10-20(27-22)19-7-6-18-21(26-19)12-16(13-24)25-18/h6-7,10-12,17,25H,5,8-9,13-14,24H2,1-4H3/t17-/m0/s1. The molecule has 3 N–H and O–H groups in total.